The number of alkyl halides is 1. The summed E-state index contributed by atoms with van der Waals surface area (Å²) in [6, 6.07) is 0. The van der Waals surface area contributed by atoms with Crippen LogP contribution >= 0.6 is 26.6 Å². The van der Waals surface area contributed by atoms with Crippen LogP contribution in [0.15, 0.2) is 0 Å². The lowest BCUT2D eigenvalue weighted by Gasteiger charge is -1.78. The van der Waals surface area contributed by atoms with Crippen molar-refractivity contribution in [2.75, 3.05) is 11.1 Å². The van der Waals surface area contributed by atoms with Crippen LogP contribution in [0, 0.1) is 0 Å². The summed E-state index contributed by atoms with van der Waals surface area (Å²) >= 11 is 3.07. The quantitative estimate of drug-likeness (QED) is 0.475. The van der Waals surface area contributed by atoms with Gasteiger partial charge in [-0.3, -0.25) is 0 Å². The lowest BCUT2D eigenvalue weighted by atomic mass is 11.0. The third kappa shape index (κ3) is 4.92. The summed E-state index contributed by atoms with van der Waals surface area (Å²) in [5, 5.41) is 0.711. The van der Waals surface area contributed by atoms with Crippen LogP contribution in [0.1, 0.15) is 0 Å². The molecule has 4 heteroatoms. The highest BCUT2D eigenvalue weighted by Gasteiger charge is 1.85. The van der Waals surface area contributed by atoms with Crippen molar-refractivity contribution in [3.05, 3.63) is 0 Å². The smallest absolute Gasteiger partial charge is 0.115 e. The van der Waals surface area contributed by atoms with E-state index in [0.29, 0.717) is 11.1 Å². The predicted molar refractivity (Wildman–Crippen MR) is 32.7 cm³/mol. The summed E-state index contributed by atoms with van der Waals surface area (Å²) in [4.78, 5) is 0. The fourth-order valence-corrected chi connectivity index (χ4v) is 1.85. The van der Waals surface area contributed by atoms with E-state index in [1.54, 1.807) is 0 Å². The van der Waals surface area contributed by atoms with E-state index in [0.717, 1.165) is 0 Å². The van der Waals surface area contributed by atoms with Crippen molar-refractivity contribution >= 4 is 36.6 Å². The Balaban J connectivity index is 2.83. The summed E-state index contributed by atoms with van der Waals surface area (Å²) in [5.41, 5.74) is 0. The van der Waals surface area contributed by atoms with Gasteiger partial charge in [-0.2, -0.15) is 0 Å². The predicted octanol–water partition coefficient (Wildman–Crippen LogP) is 1.28. The second kappa shape index (κ2) is 4.09. The molecule has 0 radical (unpaired) electrons. The third-order valence-corrected chi connectivity index (χ3v) is 2.15. The standard InChI is InChI=1S/C2H4BrClOS/c3-1-2-6(4)5/h1-2H2. The van der Waals surface area contributed by atoms with Gasteiger partial charge in [0, 0.05) is 11.1 Å². The molecule has 0 aromatic carbocycles. The Morgan fingerprint density at radius 2 is 2.33 bits per heavy atom. The van der Waals surface area contributed by atoms with Gasteiger partial charge in [0.05, 0.1) is 0 Å². The zero-order valence-electron chi connectivity index (χ0n) is 2.99. The van der Waals surface area contributed by atoms with E-state index in [1.807, 2.05) is 0 Å². The molecule has 0 N–H and O–H groups in total. The first-order valence-corrected chi connectivity index (χ1v) is 4.64. The molecule has 1 unspecified atom stereocenters. The highest BCUT2D eigenvalue weighted by atomic mass is 79.9. The maximum Gasteiger partial charge on any atom is 0.115 e. The molecule has 0 spiro atoms. The van der Waals surface area contributed by atoms with Gasteiger partial charge in [0.2, 0.25) is 0 Å². The molecule has 0 rings (SSSR count). The molecule has 0 aliphatic rings. The van der Waals surface area contributed by atoms with Crippen LogP contribution in [0.2, 0.25) is 0 Å². The largest absolute Gasteiger partial charge is 0.243 e. The second-order valence-corrected chi connectivity index (χ2v) is 3.50. The zero-order valence-corrected chi connectivity index (χ0v) is 6.15. The molecule has 0 heterocycles. The molecule has 0 aromatic heterocycles. The number of hydrogen-bond donors (Lipinski definition) is 0. The molecular formula is C2H4BrClOS. The molecule has 0 aromatic rings. The maximum atomic E-state index is 9.89. The molecule has 0 amide bonds. The molecule has 1 nitrogen and oxygen atoms in total. The second-order valence-electron chi connectivity index (χ2n) is 0.683. The monoisotopic (exact) mass is 190 g/mol. The molecule has 6 heavy (non-hydrogen) atoms. The van der Waals surface area contributed by atoms with Crippen LogP contribution in [0.25, 0.3) is 0 Å². The third-order valence-electron chi connectivity index (χ3n) is 0.238. The van der Waals surface area contributed by atoms with E-state index in [2.05, 4.69) is 15.9 Å². The minimum atomic E-state index is -1.14. The van der Waals surface area contributed by atoms with Gasteiger partial charge >= 0.3 is 0 Å². The minimum Gasteiger partial charge on any atom is -0.243 e. The summed E-state index contributed by atoms with van der Waals surface area (Å²) < 4.78 is 9.89. The molecule has 38 valence electrons. The van der Waals surface area contributed by atoms with Gasteiger partial charge in [-0.1, -0.05) is 15.9 Å². The summed E-state index contributed by atoms with van der Waals surface area (Å²) in [6.45, 7) is 0. The van der Waals surface area contributed by atoms with Crippen LogP contribution in [-0.2, 0) is 10.0 Å². The maximum absolute atomic E-state index is 9.89. The van der Waals surface area contributed by atoms with E-state index in [9.17, 15) is 4.21 Å². The van der Waals surface area contributed by atoms with Gasteiger partial charge in [0.15, 0.2) is 0 Å². The fraction of sp³-hybridized carbons (Fsp3) is 1.00. The van der Waals surface area contributed by atoms with E-state index < -0.39 is 10.0 Å². The Morgan fingerprint density at radius 1 is 1.83 bits per heavy atom. The number of halogens is 2. The molecule has 0 fully saturated rings. The van der Waals surface area contributed by atoms with Crippen LogP contribution < -0.4 is 0 Å². The van der Waals surface area contributed by atoms with Crippen molar-refractivity contribution in [1.82, 2.24) is 0 Å². The van der Waals surface area contributed by atoms with Crippen molar-refractivity contribution in [3.8, 4) is 0 Å². The minimum absolute atomic E-state index is 0.529. The van der Waals surface area contributed by atoms with Gasteiger partial charge in [0.1, 0.15) is 10.0 Å². The van der Waals surface area contributed by atoms with Crippen molar-refractivity contribution in [2.45, 2.75) is 0 Å². The normalized spacial score (nSPS) is 14.3. The molecular weight excluding hydrogens is 187 g/mol. The van der Waals surface area contributed by atoms with E-state index in [-0.39, 0.29) is 0 Å². The SMILES string of the molecule is O=S(Cl)CCBr. The summed E-state index contributed by atoms with van der Waals surface area (Å²) in [7, 11) is 3.88. The first-order chi connectivity index (χ1) is 2.77. The Labute approximate surface area is 52.2 Å². The lowest BCUT2D eigenvalue weighted by molar-refractivity contribution is 0.692. The Morgan fingerprint density at radius 3 is 2.33 bits per heavy atom. The van der Waals surface area contributed by atoms with Crippen LogP contribution in [0.5, 0.6) is 0 Å². The Kier molecular flexibility index (Phi) is 4.72. The lowest BCUT2D eigenvalue weighted by Crippen LogP contribution is -1.86. The first-order valence-electron chi connectivity index (χ1n) is 1.38. The van der Waals surface area contributed by atoms with Crippen LogP contribution in [0.3, 0.4) is 0 Å². The van der Waals surface area contributed by atoms with E-state index in [4.69, 9.17) is 10.7 Å². The van der Waals surface area contributed by atoms with Crippen molar-refractivity contribution in [1.29, 1.82) is 0 Å². The van der Waals surface area contributed by atoms with Crippen molar-refractivity contribution < 1.29 is 4.21 Å². The van der Waals surface area contributed by atoms with Crippen LogP contribution in [0.4, 0.5) is 0 Å². The highest BCUT2D eigenvalue weighted by Crippen LogP contribution is 1.89. The van der Waals surface area contributed by atoms with Gasteiger partial charge < -0.3 is 0 Å². The van der Waals surface area contributed by atoms with Crippen molar-refractivity contribution in [3.63, 3.8) is 0 Å². The van der Waals surface area contributed by atoms with Crippen molar-refractivity contribution in [2.24, 2.45) is 0 Å². The van der Waals surface area contributed by atoms with Crippen LogP contribution in [-0.4, -0.2) is 15.3 Å². The van der Waals surface area contributed by atoms with Gasteiger partial charge in [-0.25, -0.2) is 4.21 Å². The van der Waals surface area contributed by atoms with Gasteiger partial charge in [0.25, 0.3) is 0 Å². The number of rotatable bonds is 2. The van der Waals surface area contributed by atoms with Gasteiger partial charge in [-0.05, 0) is 10.7 Å². The average molecular weight is 191 g/mol. The fourth-order valence-electron chi connectivity index (χ4n) is 0.0607. The summed E-state index contributed by atoms with van der Waals surface area (Å²) in [6.07, 6.45) is 0. The molecule has 0 aliphatic heterocycles. The summed E-state index contributed by atoms with van der Waals surface area (Å²) in [5.74, 6) is 0.529. The Hall–Kier alpha value is 0.920. The average Bonchev–Trinajstić information content (AvgIpc) is 1.35. The molecule has 1 atom stereocenters. The highest BCUT2D eigenvalue weighted by molar-refractivity contribution is 9.09. The molecule has 0 saturated carbocycles. The topological polar surface area (TPSA) is 17.1 Å². The zero-order chi connectivity index (χ0) is 4.99. The van der Waals surface area contributed by atoms with E-state index >= 15 is 0 Å². The van der Waals surface area contributed by atoms with E-state index in [1.165, 1.54) is 0 Å². The molecule has 0 bridgehead atoms. The molecule has 0 saturated heterocycles. The number of hydrogen-bond acceptors (Lipinski definition) is 1. The Bertz CT molecular complexity index is 57.5. The molecule has 0 aliphatic carbocycles. The van der Waals surface area contributed by atoms with Gasteiger partial charge in [-0.15, -0.1) is 0 Å². The first kappa shape index (κ1) is 6.92.